The van der Waals surface area contributed by atoms with E-state index in [-0.39, 0.29) is 11.9 Å². The molecule has 0 aliphatic carbocycles. The summed E-state index contributed by atoms with van der Waals surface area (Å²) < 4.78 is 13.4. The maximum Gasteiger partial charge on any atom is 0.222 e. The van der Waals surface area contributed by atoms with Crippen LogP contribution in [-0.2, 0) is 11.2 Å². The molecular formula is C34H38N2O3S. The molecule has 2 fully saturated rings. The molecule has 3 heterocycles. The number of carbonyl (C=O) groups excluding carboxylic acids is 1. The predicted molar refractivity (Wildman–Crippen MR) is 164 cm³/mol. The number of hydrogen-bond donors (Lipinski definition) is 0. The van der Waals surface area contributed by atoms with Crippen molar-refractivity contribution in [2.75, 3.05) is 39.4 Å². The predicted octanol–water partition coefficient (Wildman–Crippen LogP) is 7.02. The van der Waals surface area contributed by atoms with E-state index in [9.17, 15) is 4.79 Å². The van der Waals surface area contributed by atoms with Gasteiger partial charge in [-0.1, -0.05) is 30.3 Å². The van der Waals surface area contributed by atoms with Crippen LogP contribution in [0.1, 0.15) is 43.7 Å². The zero-order chi connectivity index (χ0) is 27.3. The molecule has 4 aromatic rings. The molecule has 6 rings (SSSR count). The maximum absolute atomic E-state index is 12.0. The van der Waals surface area contributed by atoms with Gasteiger partial charge in [0, 0.05) is 29.1 Å². The van der Waals surface area contributed by atoms with Gasteiger partial charge in [-0.05, 0) is 110 Å². The molecule has 2 aliphatic rings. The van der Waals surface area contributed by atoms with E-state index in [4.69, 9.17) is 9.47 Å². The van der Waals surface area contributed by atoms with E-state index >= 15 is 0 Å². The number of amides is 1. The molecule has 0 radical (unpaired) electrons. The maximum atomic E-state index is 12.0. The Balaban J connectivity index is 1.13. The van der Waals surface area contributed by atoms with E-state index in [1.54, 1.807) is 0 Å². The molecule has 1 aromatic heterocycles. The van der Waals surface area contributed by atoms with Gasteiger partial charge in [0.15, 0.2) is 0 Å². The van der Waals surface area contributed by atoms with Crippen LogP contribution in [0.5, 0.6) is 11.5 Å². The molecule has 208 valence electrons. The highest BCUT2D eigenvalue weighted by Crippen LogP contribution is 2.40. The lowest BCUT2D eigenvalue weighted by molar-refractivity contribution is -0.129. The smallest absolute Gasteiger partial charge is 0.222 e. The van der Waals surface area contributed by atoms with Crippen LogP contribution in [0, 0.1) is 0 Å². The van der Waals surface area contributed by atoms with Crippen molar-refractivity contribution >= 4 is 27.3 Å². The molecule has 3 aromatic carbocycles. The van der Waals surface area contributed by atoms with E-state index in [0.717, 1.165) is 44.0 Å². The molecule has 1 amide bonds. The minimum Gasteiger partial charge on any atom is -0.492 e. The fraction of sp³-hybridized carbons (Fsp3) is 0.382. The summed E-state index contributed by atoms with van der Waals surface area (Å²) in [5.41, 5.74) is 3.84. The molecule has 0 spiro atoms. The van der Waals surface area contributed by atoms with E-state index < -0.39 is 0 Å². The highest BCUT2D eigenvalue weighted by molar-refractivity contribution is 7.22. The van der Waals surface area contributed by atoms with E-state index in [0.29, 0.717) is 13.0 Å². The minimum atomic E-state index is 0.0938. The van der Waals surface area contributed by atoms with Crippen LogP contribution in [0.4, 0.5) is 0 Å². The molecule has 2 aliphatic heterocycles. The van der Waals surface area contributed by atoms with Gasteiger partial charge < -0.3 is 14.4 Å². The Hall–Kier alpha value is -3.35. The van der Waals surface area contributed by atoms with Crippen LogP contribution in [0.15, 0.2) is 72.8 Å². The second kappa shape index (κ2) is 12.4. The first-order valence-corrected chi connectivity index (χ1v) is 15.4. The first-order chi connectivity index (χ1) is 19.6. The summed E-state index contributed by atoms with van der Waals surface area (Å²) in [6.45, 7) is 7.57. The summed E-state index contributed by atoms with van der Waals surface area (Å²) in [6, 6.07) is 25.8. The van der Waals surface area contributed by atoms with Crippen molar-refractivity contribution in [3.8, 4) is 21.9 Å². The first kappa shape index (κ1) is 26.9. The molecule has 1 unspecified atom stereocenters. The van der Waals surface area contributed by atoms with E-state index in [1.807, 2.05) is 16.2 Å². The van der Waals surface area contributed by atoms with Crippen molar-refractivity contribution in [3.63, 3.8) is 0 Å². The number of carbonyl (C=O) groups is 1. The number of benzene rings is 3. The Morgan fingerprint density at radius 2 is 1.57 bits per heavy atom. The van der Waals surface area contributed by atoms with Gasteiger partial charge in [0.05, 0.1) is 6.04 Å². The zero-order valence-corrected chi connectivity index (χ0v) is 24.1. The molecule has 40 heavy (non-hydrogen) atoms. The van der Waals surface area contributed by atoms with Crippen LogP contribution in [0.3, 0.4) is 0 Å². The molecule has 2 saturated heterocycles. The largest absolute Gasteiger partial charge is 0.492 e. The average molecular weight is 555 g/mol. The Morgan fingerprint density at radius 3 is 2.33 bits per heavy atom. The monoisotopic (exact) mass is 554 g/mol. The first-order valence-electron chi connectivity index (χ1n) is 14.6. The Bertz CT molecular complexity index is 1420. The quantitative estimate of drug-likeness (QED) is 0.200. The van der Waals surface area contributed by atoms with Gasteiger partial charge in [-0.25, -0.2) is 0 Å². The minimum absolute atomic E-state index is 0.0938. The molecule has 0 saturated carbocycles. The number of rotatable bonds is 11. The third-order valence-electron chi connectivity index (χ3n) is 8.13. The standard InChI is InChI=1S/C34H38N2O3S/c1-25(36-20-6-9-33(36)37)24-39-29-14-10-26(11-15-29)23-31-30-7-2-3-8-32(30)40-34(31)27-12-16-28(17-13-27)38-22-21-35-18-4-5-19-35/h2-3,7-8,10-17,25H,4-6,9,18-24H2,1H3. The van der Waals surface area contributed by atoms with Crippen molar-refractivity contribution < 1.29 is 14.3 Å². The molecular weight excluding hydrogens is 516 g/mol. The summed E-state index contributed by atoms with van der Waals surface area (Å²) >= 11 is 1.86. The van der Waals surface area contributed by atoms with Crippen LogP contribution in [-0.4, -0.2) is 61.1 Å². The topological polar surface area (TPSA) is 42.0 Å². The van der Waals surface area contributed by atoms with Crippen LogP contribution >= 0.6 is 11.3 Å². The van der Waals surface area contributed by atoms with Crippen molar-refractivity contribution in [1.82, 2.24) is 9.80 Å². The lowest BCUT2D eigenvalue weighted by atomic mass is 9.99. The van der Waals surface area contributed by atoms with Gasteiger partial charge in [-0.3, -0.25) is 9.69 Å². The summed E-state index contributed by atoms with van der Waals surface area (Å²) in [6.07, 6.45) is 5.09. The number of fused-ring (bicyclic) bond motifs is 1. The fourth-order valence-electron chi connectivity index (χ4n) is 5.86. The molecule has 5 nitrogen and oxygen atoms in total. The fourth-order valence-corrected chi connectivity index (χ4v) is 7.09. The van der Waals surface area contributed by atoms with Gasteiger partial charge in [-0.2, -0.15) is 0 Å². The summed E-state index contributed by atoms with van der Waals surface area (Å²) in [4.78, 5) is 17.7. The van der Waals surface area contributed by atoms with Crippen molar-refractivity contribution in [2.24, 2.45) is 0 Å². The van der Waals surface area contributed by atoms with Gasteiger partial charge in [0.25, 0.3) is 0 Å². The van der Waals surface area contributed by atoms with Gasteiger partial charge >= 0.3 is 0 Å². The second-order valence-electron chi connectivity index (χ2n) is 11.0. The SMILES string of the molecule is CC(COc1ccc(Cc2c(-c3ccc(OCCN4CCCC4)cc3)sc3ccccc23)cc1)N1CCCC1=O. The highest BCUT2D eigenvalue weighted by atomic mass is 32.1. The average Bonchev–Trinajstić information content (AvgIpc) is 3.74. The van der Waals surface area contributed by atoms with Crippen LogP contribution < -0.4 is 9.47 Å². The molecule has 1 atom stereocenters. The normalized spacial score (nSPS) is 16.6. The highest BCUT2D eigenvalue weighted by Gasteiger charge is 2.25. The number of ether oxygens (including phenoxy) is 2. The lowest BCUT2D eigenvalue weighted by Crippen LogP contribution is -2.38. The van der Waals surface area contributed by atoms with Crippen molar-refractivity contribution in [3.05, 3.63) is 83.9 Å². The number of nitrogens with zero attached hydrogens (tertiary/aromatic N) is 2. The van der Waals surface area contributed by atoms with Crippen molar-refractivity contribution in [1.29, 1.82) is 0 Å². The van der Waals surface area contributed by atoms with Gasteiger partial charge in [0.1, 0.15) is 24.7 Å². The Kier molecular flexibility index (Phi) is 8.35. The van der Waals surface area contributed by atoms with Crippen molar-refractivity contribution in [2.45, 2.75) is 45.1 Å². The lowest BCUT2D eigenvalue weighted by Gasteiger charge is -2.24. The summed E-state index contributed by atoms with van der Waals surface area (Å²) in [5, 5.41) is 1.32. The van der Waals surface area contributed by atoms with Gasteiger partial charge in [0.2, 0.25) is 5.91 Å². The third kappa shape index (κ3) is 6.18. The molecule has 0 N–H and O–H groups in total. The second-order valence-corrected chi connectivity index (χ2v) is 12.1. The summed E-state index contributed by atoms with van der Waals surface area (Å²) in [5.74, 6) is 2.02. The zero-order valence-electron chi connectivity index (χ0n) is 23.3. The van der Waals surface area contributed by atoms with E-state index in [1.165, 1.54) is 57.6 Å². The number of thiophene rings is 1. The van der Waals surface area contributed by atoms with Gasteiger partial charge in [-0.15, -0.1) is 11.3 Å². The number of hydrogen-bond acceptors (Lipinski definition) is 5. The summed E-state index contributed by atoms with van der Waals surface area (Å²) in [7, 11) is 0. The molecule has 6 heteroatoms. The van der Waals surface area contributed by atoms with Crippen LogP contribution in [0.25, 0.3) is 20.5 Å². The third-order valence-corrected chi connectivity index (χ3v) is 9.39. The molecule has 0 bridgehead atoms. The Morgan fingerprint density at radius 1 is 0.850 bits per heavy atom. The van der Waals surface area contributed by atoms with Crippen LogP contribution in [0.2, 0.25) is 0 Å². The Labute approximate surface area is 241 Å². The number of likely N-dealkylation sites (tertiary alicyclic amines) is 2. The van der Waals surface area contributed by atoms with E-state index in [2.05, 4.69) is 84.6 Å².